The molecule has 2 rings (SSSR count). The van der Waals surface area contributed by atoms with Crippen molar-refractivity contribution in [3.05, 3.63) is 0 Å². The predicted molar refractivity (Wildman–Crippen MR) is 71.9 cm³/mol. The first-order valence-electron chi connectivity index (χ1n) is 6.87. The quantitative estimate of drug-likeness (QED) is 0.728. The highest BCUT2D eigenvalue weighted by molar-refractivity contribution is 6.18. The van der Waals surface area contributed by atoms with Gasteiger partial charge in [0.2, 0.25) is 0 Å². The number of carbonyl (C=O) groups excluding carboxylic acids is 1. The zero-order chi connectivity index (χ0) is 13.0. The summed E-state index contributed by atoms with van der Waals surface area (Å²) in [5.41, 5.74) is -0.568. The van der Waals surface area contributed by atoms with Crippen molar-refractivity contribution in [1.82, 2.24) is 9.80 Å². The Morgan fingerprint density at radius 2 is 2.11 bits per heavy atom. The van der Waals surface area contributed by atoms with Crippen LogP contribution in [0.15, 0.2) is 0 Å². The molecule has 0 saturated carbocycles. The third kappa shape index (κ3) is 3.16. The van der Waals surface area contributed by atoms with Crippen LogP contribution in [0.5, 0.6) is 0 Å². The number of ether oxygens (including phenoxy) is 1. The molecule has 1 amide bonds. The second-order valence-corrected chi connectivity index (χ2v) is 5.74. The number of hydrogen-bond donors (Lipinski definition) is 0. The van der Waals surface area contributed by atoms with Crippen LogP contribution in [0.4, 0.5) is 0 Å². The van der Waals surface area contributed by atoms with Crippen molar-refractivity contribution >= 4 is 17.5 Å². The molecule has 1 atom stereocenters. The highest BCUT2D eigenvalue weighted by Crippen LogP contribution is 2.27. The number of alkyl halides is 1. The second-order valence-electron chi connectivity index (χ2n) is 5.36. The number of amides is 1. The van der Waals surface area contributed by atoms with Crippen molar-refractivity contribution in [3.8, 4) is 0 Å². The van der Waals surface area contributed by atoms with Gasteiger partial charge < -0.3 is 14.5 Å². The molecule has 5 heteroatoms. The van der Waals surface area contributed by atoms with Crippen LogP contribution in [0.25, 0.3) is 0 Å². The van der Waals surface area contributed by atoms with Gasteiger partial charge in [0.15, 0.2) is 0 Å². The SMILES string of the molecule is CC1(C(=O)N2CCCN(CCCl)CC2)CCCO1. The van der Waals surface area contributed by atoms with Gasteiger partial charge in [0.25, 0.3) is 5.91 Å². The molecule has 0 aromatic rings. The number of carbonyl (C=O) groups is 1. The highest BCUT2D eigenvalue weighted by atomic mass is 35.5. The fourth-order valence-electron chi connectivity index (χ4n) is 2.80. The first-order valence-corrected chi connectivity index (χ1v) is 7.41. The van der Waals surface area contributed by atoms with E-state index in [2.05, 4.69) is 4.90 Å². The second kappa shape index (κ2) is 6.22. The molecule has 4 nitrogen and oxygen atoms in total. The van der Waals surface area contributed by atoms with Gasteiger partial charge in [0, 0.05) is 38.7 Å². The predicted octanol–water partition coefficient (Wildman–Crippen LogP) is 1.33. The summed E-state index contributed by atoms with van der Waals surface area (Å²) in [5.74, 6) is 0.835. The molecule has 0 spiro atoms. The molecule has 104 valence electrons. The van der Waals surface area contributed by atoms with Crippen LogP contribution in [0.3, 0.4) is 0 Å². The molecule has 2 aliphatic rings. The molecule has 2 fully saturated rings. The third-order valence-electron chi connectivity index (χ3n) is 3.95. The average Bonchev–Trinajstić information content (AvgIpc) is 2.68. The summed E-state index contributed by atoms with van der Waals surface area (Å²) in [6.45, 7) is 7.17. The van der Waals surface area contributed by atoms with E-state index in [4.69, 9.17) is 16.3 Å². The Morgan fingerprint density at radius 1 is 1.28 bits per heavy atom. The molecule has 2 heterocycles. The summed E-state index contributed by atoms with van der Waals surface area (Å²) in [6.07, 6.45) is 2.88. The lowest BCUT2D eigenvalue weighted by Gasteiger charge is -2.30. The topological polar surface area (TPSA) is 32.8 Å². The molecule has 2 aliphatic heterocycles. The summed E-state index contributed by atoms with van der Waals surface area (Å²) >= 11 is 5.77. The molecule has 0 aromatic heterocycles. The van der Waals surface area contributed by atoms with Crippen LogP contribution in [0, 0.1) is 0 Å². The number of rotatable bonds is 3. The Morgan fingerprint density at radius 3 is 2.78 bits per heavy atom. The maximum atomic E-state index is 12.5. The first kappa shape index (κ1) is 14.1. The van der Waals surface area contributed by atoms with Gasteiger partial charge in [-0.05, 0) is 32.7 Å². The minimum atomic E-state index is -0.568. The molecule has 0 radical (unpaired) electrons. The largest absolute Gasteiger partial charge is 0.365 e. The first-order chi connectivity index (χ1) is 8.65. The van der Waals surface area contributed by atoms with E-state index in [-0.39, 0.29) is 5.91 Å². The van der Waals surface area contributed by atoms with Crippen LogP contribution in [0.1, 0.15) is 26.2 Å². The molecule has 1 unspecified atom stereocenters. The van der Waals surface area contributed by atoms with Crippen LogP contribution >= 0.6 is 11.6 Å². The molecule has 0 bridgehead atoms. The maximum absolute atomic E-state index is 12.5. The smallest absolute Gasteiger partial charge is 0.254 e. The Kier molecular flexibility index (Phi) is 4.87. The summed E-state index contributed by atoms with van der Waals surface area (Å²) in [6, 6.07) is 0. The highest BCUT2D eigenvalue weighted by Gasteiger charge is 2.40. The lowest BCUT2D eigenvalue weighted by Crippen LogP contribution is -2.48. The fraction of sp³-hybridized carbons (Fsp3) is 0.923. The Balaban J connectivity index is 1.91. The van der Waals surface area contributed by atoms with Gasteiger partial charge in [0.1, 0.15) is 5.60 Å². The minimum absolute atomic E-state index is 0.174. The van der Waals surface area contributed by atoms with Gasteiger partial charge in [-0.3, -0.25) is 4.79 Å². The van der Waals surface area contributed by atoms with Crippen LogP contribution in [-0.4, -0.2) is 66.5 Å². The summed E-state index contributed by atoms with van der Waals surface area (Å²) in [7, 11) is 0. The monoisotopic (exact) mass is 274 g/mol. The van der Waals surface area contributed by atoms with Crippen molar-refractivity contribution < 1.29 is 9.53 Å². The molecule has 0 aliphatic carbocycles. The van der Waals surface area contributed by atoms with E-state index >= 15 is 0 Å². The zero-order valence-corrected chi connectivity index (χ0v) is 11.9. The van der Waals surface area contributed by atoms with E-state index < -0.39 is 5.60 Å². The minimum Gasteiger partial charge on any atom is -0.365 e. The van der Waals surface area contributed by atoms with Gasteiger partial charge in [-0.25, -0.2) is 0 Å². The van der Waals surface area contributed by atoms with Crippen LogP contribution in [0.2, 0.25) is 0 Å². The van der Waals surface area contributed by atoms with Crippen molar-refractivity contribution in [1.29, 1.82) is 0 Å². The average molecular weight is 275 g/mol. The summed E-state index contributed by atoms with van der Waals surface area (Å²) in [4.78, 5) is 16.8. The van der Waals surface area contributed by atoms with Crippen molar-refractivity contribution in [2.45, 2.75) is 31.8 Å². The Labute approximate surface area is 114 Å². The summed E-state index contributed by atoms with van der Waals surface area (Å²) < 4.78 is 5.64. The fourth-order valence-corrected chi connectivity index (χ4v) is 3.04. The number of hydrogen-bond acceptors (Lipinski definition) is 3. The van der Waals surface area contributed by atoms with E-state index in [0.717, 1.165) is 52.0 Å². The van der Waals surface area contributed by atoms with Gasteiger partial charge in [-0.2, -0.15) is 0 Å². The molecule has 2 saturated heterocycles. The molecule has 18 heavy (non-hydrogen) atoms. The van der Waals surface area contributed by atoms with Crippen molar-refractivity contribution in [3.63, 3.8) is 0 Å². The Bertz CT molecular complexity index is 293. The lowest BCUT2D eigenvalue weighted by molar-refractivity contribution is -0.150. The zero-order valence-electron chi connectivity index (χ0n) is 11.2. The lowest BCUT2D eigenvalue weighted by atomic mass is 10.0. The van der Waals surface area contributed by atoms with E-state index in [1.54, 1.807) is 0 Å². The van der Waals surface area contributed by atoms with Crippen molar-refractivity contribution in [2.24, 2.45) is 0 Å². The molecule has 0 N–H and O–H groups in total. The van der Waals surface area contributed by atoms with E-state index in [9.17, 15) is 4.79 Å². The number of nitrogens with zero attached hydrogens (tertiary/aromatic N) is 2. The van der Waals surface area contributed by atoms with E-state index in [1.807, 2.05) is 11.8 Å². The molecular weight excluding hydrogens is 252 g/mol. The normalized spacial score (nSPS) is 30.4. The van der Waals surface area contributed by atoms with E-state index in [0.29, 0.717) is 12.5 Å². The third-order valence-corrected chi connectivity index (χ3v) is 4.12. The number of halogens is 1. The van der Waals surface area contributed by atoms with Gasteiger partial charge in [-0.1, -0.05) is 0 Å². The van der Waals surface area contributed by atoms with Crippen LogP contribution in [-0.2, 0) is 9.53 Å². The maximum Gasteiger partial charge on any atom is 0.254 e. The molecular formula is C13H23ClN2O2. The molecule has 0 aromatic carbocycles. The summed E-state index contributed by atoms with van der Waals surface area (Å²) in [5, 5.41) is 0. The Hall–Kier alpha value is -0.320. The van der Waals surface area contributed by atoms with E-state index in [1.165, 1.54) is 0 Å². The van der Waals surface area contributed by atoms with Gasteiger partial charge >= 0.3 is 0 Å². The van der Waals surface area contributed by atoms with Crippen LogP contribution < -0.4 is 0 Å². The van der Waals surface area contributed by atoms with Gasteiger partial charge in [-0.15, -0.1) is 11.6 Å². The van der Waals surface area contributed by atoms with Gasteiger partial charge in [0.05, 0.1) is 0 Å². The standard InChI is InChI=1S/C13H23ClN2O2/c1-13(4-2-11-18-13)12(17)16-7-3-6-15(8-5-14)9-10-16/h2-11H2,1H3. The van der Waals surface area contributed by atoms with Crippen molar-refractivity contribution in [2.75, 3.05) is 45.2 Å².